The van der Waals surface area contributed by atoms with Gasteiger partial charge < -0.3 is 20.1 Å². The summed E-state index contributed by atoms with van der Waals surface area (Å²) in [5, 5.41) is 14.2. The van der Waals surface area contributed by atoms with Crippen LogP contribution in [0.25, 0.3) is 0 Å². The lowest BCUT2D eigenvalue weighted by molar-refractivity contribution is 0.105. The number of rotatable bonds is 7. The zero-order valence-electron chi connectivity index (χ0n) is 12.2. The van der Waals surface area contributed by atoms with Gasteiger partial charge in [0, 0.05) is 25.2 Å². The van der Waals surface area contributed by atoms with Crippen molar-refractivity contribution in [2.45, 2.75) is 25.0 Å². The smallest absolute Gasteiger partial charge is 0.121 e. The maximum atomic E-state index is 9.91. The molecule has 0 amide bonds. The van der Waals surface area contributed by atoms with Gasteiger partial charge in [0.1, 0.15) is 18.5 Å². The molecular formula is C15H22Cl2N2O2. The van der Waals surface area contributed by atoms with Crippen LogP contribution in [0, 0.1) is 0 Å². The predicted octanol–water partition coefficient (Wildman–Crippen LogP) is 2.42. The molecule has 2 N–H and O–H groups in total. The van der Waals surface area contributed by atoms with Gasteiger partial charge in [0.05, 0.1) is 10.0 Å². The molecule has 6 heteroatoms. The summed E-state index contributed by atoms with van der Waals surface area (Å²) in [5.74, 6) is 0.610. The van der Waals surface area contributed by atoms with E-state index in [4.69, 9.17) is 27.9 Å². The lowest BCUT2D eigenvalue weighted by atomic mass is 10.2. The van der Waals surface area contributed by atoms with E-state index in [1.807, 2.05) is 0 Å². The summed E-state index contributed by atoms with van der Waals surface area (Å²) in [5.41, 5.74) is 0. The Kier molecular flexibility index (Phi) is 6.58. The first kappa shape index (κ1) is 16.8. The van der Waals surface area contributed by atoms with Crippen molar-refractivity contribution in [3.05, 3.63) is 28.2 Å². The maximum absolute atomic E-state index is 9.91. The van der Waals surface area contributed by atoms with E-state index < -0.39 is 6.10 Å². The number of benzene rings is 1. The molecule has 21 heavy (non-hydrogen) atoms. The Hall–Kier alpha value is -0.520. The third-order valence-corrected chi connectivity index (χ3v) is 4.50. The van der Waals surface area contributed by atoms with E-state index in [0.29, 0.717) is 28.4 Å². The van der Waals surface area contributed by atoms with E-state index in [2.05, 4.69) is 17.3 Å². The zero-order chi connectivity index (χ0) is 15.2. The summed E-state index contributed by atoms with van der Waals surface area (Å²) >= 11 is 11.7. The Labute approximate surface area is 136 Å². The number of ether oxygens (including phenoxy) is 1. The van der Waals surface area contributed by atoms with E-state index in [0.717, 1.165) is 13.1 Å². The van der Waals surface area contributed by atoms with Crippen LogP contribution >= 0.6 is 23.2 Å². The Morgan fingerprint density at radius 3 is 2.90 bits per heavy atom. The monoisotopic (exact) mass is 332 g/mol. The number of likely N-dealkylation sites (tertiary alicyclic amines) is 1. The molecule has 4 nitrogen and oxygen atoms in total. The van der Waals surface area contributed by atoms with Gasteiger partial charge in [-0.25, -0.2) is 0 Å². The van der Waals surface area contributed by atoms with E-state index >= 15 is 0 Å². The van der Waals surface area contributed by atoms with Crippen LogP contribution in [0.5, 0.6) is 5.75 Å². The van der Waals surface area contributed by atoms with Crippen LogP contribution in [-0.2, 0) is 0 Å². The highest BCUT2D eigenvalue weighted by Gasteiger charge is 2.20. The SMILES string of the molecule is CN1CCCC1CNCC(O)COc1ccc(Cl)c(Cl)c1. The fourth-order valence-electron chi connectivity index (χ4n) is 2.47. The summed E-state index contributed by atoms with van der Waals surface area (Å²) < 4.78 is 5.50. The van der Waals surface area contributed by atoms with Crippen molar-refractivity contribution >= 4 is 23.2 Å². The Bertz CT molecular complexity index is 459. The molecular weight excluding hydrogens is 311 g/mol. The number of likely N-dealkylation sites (N-methyl/N-ethyl adjacent to an activating group) is 1. The van der Waals surface area contributed by atoms with E-state index in [9.17, 15) is 5.11 Å². The molecule has 2 unspecified atom stereocenters. The van der Waals surface area contributed by atoms with Gasteiger partial charge in [-0.1, -0.05) is 23.2 Å². The van der Waals surface area contributed by atoms with Crippen LogP contribution in [0.15, 0.2) is 18.2 Å². The Balaban J connectivity index is 1.65. The molecule has 1 aliphatic rings. The number of halogens is 2. The van der Waals surface area contributed by atoms with Gasteiger partial charge in [-0.2, -0.15) is 0 Å². The molecule has 1 aliphatic heterocycles. The molecule has 0 saturated carbocycles. The minimum Gasteiger partial charge on any atom is -0.491 e. The van der Waals surface area contributed by atoms with Gasteiger partial charge in [-0.3, -0.25) is 0 Å². The summed E-state index contributed by atoms with van der Waals surface area (Å²) in [6, 6.07) is 5.65. The van der Waals surface area contributed by atoms with Crippen LogP contribution in [0.1, 0.15) is 12.8 Å². The molecule has 118 valence electrons. The molecule has 1 fully saturated rings. The second-order valence-electron chi connectivity index (χ2n) is 5.48. The lowest BCUT2D eigenvalue weighted by Gasteiger charge is -2.21. The topological polar surface area (TPSA) is 44.7 Å². The van der Waals surface area contributed by atoms with Crippen LogP contribution in [0.3, 0.4) is 0 Å². The highest BCUT2D eigenvalue weighted by Crippen LogP contribution is 2.26. The Morgan fingerprint density at radius 2 is 2.24 bits per heavy atom. The molecule has 0 radical (unpaired) electrons. The molecule has 0 aliphatic carbocycles. The normalized spacial score (nSPS) is 20.7. The predicted molar refractivity (Wildman–Crippen MR) is 86.5 cm³/mol. The van der Waals surface area contributed by atoms with Crippen LogP contribution in [0.2, 0.25) is 10.0 Å². The van der Waals surface area contributed by atoms with Crippen LogP contribution < -0.4 is 10.1 Å². The van der Waals surface area contributed by atoms with Gasteiger partial charge in [0.15, 0.2) is 0 Å². The average molecular weight is 333 g/mol. The molecule has 2 rings (SSSR count). The molecule has 1 aromatic carbocycles. The van der Waals surface area contributed by atoms with Crippen molar-refractivity contribution in [2.75, 3.05) is 33.3 Å². The van der Waals surface area contributed by atoms with Crippen molar-refractivity contribution in [3.63, 3.8) is 0 Å². The summed E-state index contributed by atoms with van der Waals surface area (Å²) in [7, 11) is 2.14. The van der Waals surface area contributed by atoms with Gasteiger partial charge in [-0.05, 0) is 38.6 Å². The minimum absolute atomic E-state index is 0.228. The second kappa shape index (κ2) is 8.20. The summed E-state index contributed by atoms with van der Waals surface area (Å²) in [6.07, 6.45) is 1.93. The number of nitrogens with zero attached hydrogens (tertiary/aromatic N) is 1. The molecule has 1 aromatic rings. The van der Waals surface area contributed by atoms with E-state index in [1.54, 1.807) is 18.2 Å². The maximum Gasteiger partial charge on any atom is 0.121 e. The molecule has 0 bridgehead atoms. The first-order valence-electron chi connectivity index (χ1n) is 7.23. The third-order valence-electron chi connectivity index (χ3n) is 3.76. The Morgan fingerprint density at radius 1 is 1.43 bits per heavy atom. The molecule has 2 atom stereocenters. The van der Waals surface area contributed by atoms with Crippen LogP contribution in [-0.4, -0.2) is 55.4 Å². The number of hydrogen-bond donors (Lipinski definition) is 2. The first-order chi connectivity index (χ1) is 10.1. The van der Waals surface area contributed by atoms with Crippen molar-refractivity contribution in [1.29, 1.82) is 0 Å². The van der Waals surface area contributed by atoms with Crippen molar-refractivity contribution in [3.8, 4) is 5.75 Å². The van der Waals surface area contributed by atoms with Gasteiger partial charge in [0.25, 0.3) is 0 Å². The van der Waals surface area contributed by atoms with E-state index in [1.165, 1.54) is 12.8 Å². The summed E-state index contributed by atoms with van der Waals surface area (Å²) in [6.45, 7) is 2.81. The first-order valence-corrected chi connectivity index (χ1v) is 7.98. The van der Waals surface area contributed by atoms with Crippen molar-refractivity contribution in [2.24, 2.45) is 0 Å². The average Bonchev–Trinajstić information content (AvgIpc) is 2.86. The number of aliphatic hydroxyl groups is 1. The lowest BCUT2D eigenvalue weighted by Crippen LogP contribution is -2.39. The fourth-order valence-corrected chi connectivity index (χ4v) is 2.76. The van der Waals surface area contributed by atoms with Crippen molar-refractivity contribution < 1.29 is 9.84 Å². The van der Waals surface area contributed by atoms with Gasteiger partial charge >= 0.3 is 0 Å². The molecule has 0 aromatic heterocycles. The third kappa shape index (κ3) is 5.31. The fraction of sp³-hybridized carbons (Fsp3) is 0.600. The van der Waals surface area contributed by atoms with E-state index in [-0.39, 0.29) is 6.61 Å². The minimum atomic E-state index is -0.550. The quantitative estimate of drug-likeness (QED) is 0.804. The van der Waals surface area contributed by atoms with Crippen LogP contribution in [0.4, 0.5) is 0 Å². The zero-order valence-corrected chi connectivity index (χ0v) is 13.7. The highest BCUT2D eigenvalue weighted by atomic mass is 35.5. The molecule has 1 saturated heterocycles. The molecule has 0 spiro atoms. The number of nitrogens with one attached hydrogen (secondary N) is 1. The van der Waals surface area contributed by atoms with Gasteiger partial charge in [0.2, 0.25) is 0 Å². The second-order valence-corrected chi connectivity index (χ2v) is 6.29. The summed E-state index contributed by atoms with van der Waals surface area (Å²) in [4.78, 5) is 2.35. The molecule has 1 heterocycles. The van der Waals surface area contributed by atoms with Crippen molar-refractivity contribution in [1.82, 2.24) is 10.2 Å². The number of aliphatic hydroxyl groups excluding tert-OH is 1. The van der Waals surface area contributed by atoms with Gasteiger partial charge in [-0.15, -0.1) is 0 Å². The standard InChI is InChI=1S/C15H22Cl2N2O2/c1-19-6-2-3-11(19)8-18-9-12(20)10-21-13-4-5-14(16)15(17)7-13/h4-5,7,11-12,18,20H,2-3,6,8-10H2,1H3. The highest BCUT2D eigenvalue weighted by molar-refractivity contribution is 6.42. The number of hydrogen-bond acceptors (Lipinski definition) is 4. The largest absolute Gasteiger partial charge is 0.491 e.